The summed E-state index contributed by atoms with van der Waals surface area (Å²) in [6.07, 6.45) is 6.75. The lowest BCUT2D eigenvalue weighted by Crippen LogP contribution is -2.64. The Morgan fingerprint density at radius 1 is 1.14 bits per heavy atom. The summed E-state index contributed by atoms with van der Waals surface area (Å²) in [5.74, 6) is 0.817. The van der Waals surface area contributed by atoms with Crippen LogP contribution in [0.5, 0.6) is 0 Å². The van der Waals surface area contributed by atoms with E-state index in [9.17, 15) is 4.79 Å². The number of carbonyl (C=O) groups is 1. The van der Waals surface area contributed by atoms with Crippen molar-refractivity contribution in [3.8, 4) is 0 Å². The number of nitrogens with one attached hydrogen (secondary N) is 1. The summed E-state index contributed by atoms with van der Waals surface area (Å²) in [5, 5.41) is 3.49. The number of aryl methyl sites for hydroxylation is 2. The van der Waals surface area contributed by atoms with E-state index in [1.807, 2.05) is 44.2 Å². The molecule has 2 aliphatic heterocycles. The van der Waals surface area contributed by atoms with E-state index in [0.29, 0.717) is 0 Å². The van der Waals surface area contributed by atoms with Gasteiger partial charge >= 0.3 is 0 Å². The van der Waals surface area contributed by atoms with E-state index < -0.39 is 0 Å². The van der Waals surface area contributed by atoms with E-state index in [4.69, 9.17) is 0 Å². The quantitative estimate of drug-likeness (QED) is 0.690. The van der Waals surface area contributed by atoms with Gasteiger partial charge in [0.15, 0.2) is 0 Å². The van der Waals surface area contributed by atoms with Crippen LogP contribution in [0.25, 0.3) is 0 Å². The zero-order valence-electron chi connectivity index (χ0n) is 17.7. The number of hydrogen-bond acceptors (Lipinski definition) is 2. The molecular formula is C26H32N2O. The fourth-order valence-electron chi connectivity index (χ4n) is 5.60. The van der Waals surface area contributed by atoms with Crippen LogP contribution in [0.2, 0.25) is 0 Å². The zero-order valence-corrected chi connectivity index (χ0v) is 17.7. The number of hydrogen-bond donors (Lipinski definition) is 1. The molecule has 3 nitrogen and oxygen atoms in total. The lowest BCUT2D eigenvalue weighted by atomic mass is 9.65. The molecule has 2 aromatic carbocycles. The Hall–Kier alpha value is -2.39. The van der Waals surface area contributed by atoms with Crippen molar-refractivity contribution in [2.24, 2.45) is 5.92 Å². The van der Waals surface area contributed by atoms with E-state index in [1.165, 1.54) is 18.4 Å². The van der Waals surface area contributed by atoms with Crippen LogP contribution in [-0.4, -0.2) is 29.4 Å². The average molecular weight is 389 g/mol. The first-order chi connectivity index (χ1) is 14.0. The zero-order chi connectivity index (χ0) is 20.4. The summed E-state index contributed by atoms with van der Waals surface area (Å²) in [4.78, 5) is 16.1. The minimum atomic E-state index is -0.0451. The molecule has 29 heavy (non-hydrogen) atoms. The smallest absolute Gasteiger partial charge is 0.252 e. The third-order valence-electron chi connectivity index (χ3n) is 7.08. The summed E-state index contributed by atoms with van der Waals surface area (Å²) in [6.45, 7) is 10.0. The van der Waals surface area contributed by atoms with Gasteiger partial charge in [-0.1, -0.05) is 54.6 Å². The van der Waals surface area contributed by atoms with Gasteiger partial charge in [-0.25, -0.2) is 0 Å². The van der Waals surface area contributed by atoms with Gasteiger partial charge in [-0.2, -0.15) is 0 Å². The first-order valence-electron chi connectivity index (χ1n) is 10.8. The first-order valence-corrected chi connectivity index (χ1v) is 10.8. The predicted octanol–water partition coefficient (Wildman–Crippen LogP) is 5.21. The lowest BCUT2D eigenvalue weighted by molar-refractivity contribution is -0.0504. The maximum atomic E-state index is 13.5. The Morgan fingerprint density at radius 2 is 1.79 bits per heavy atom. The van der Waals surface area contributed by atoms with E-state index in [2.05, 4.69) is 41.1 Å². The summed E-state index contributed by atoms with van der Waals surface area (Å²) in [6, 6.07) is 16.6. The van der Waals surface area contributed by atoms with Crippen molar-refractivity contribution in [3.63, 3.8) is 0 Å². The van der Waals surface area contributed by atoms with Gasteiger partial charge in [0.2, 0.25) is 0 Å². The van der Waals surface area contributed by atoms with Gasteiger partial charge in [0.05, 0.1) is 6.04 Å². The lowest BCUT2D eigenvalue weighted by Gasteiger charge is -2.58. The van der Waals surface area contributed by atoms with Crippen LogP contribution >= 0.6 is 0 Å². The SMILES string of the molecule is C=CCN1CC2CCC1([C@H](NC(=O)c1c(C)cccc1C)c1ccccc1)CC2. The van der Waals surface area contributed by atoms with Crippen LogP contribution < -0.4 is 5.32 Å². The standard InChI is InChI=1S/C26H32N2O/c1-4-17-28-18-21-13-15-26(28,16-14-21)24(22-11-6-5-7-12-22)27-25(29)23-19(2)9-8-10-20(23)3/h4-12,21,24H,1,13-18H2,2-3H3,(H,27,29)/t21?,24-,26?/m1/s1. The number of nitrogens with zero attached hydrogens (tertiary/aromatic N) is 1. The number of fused-ring (bicyclic) bond motifs is 3. The number of rotatable bonds is 6. The molecule has 5 rings (SSSR count). The van der Waals surface area contributed by atoms with Crippen molar-refractivity contribution in [2.75, 3.05) is 13.1 Å². The third kappa shape index (κ3) is 3.64. The molecule has 2 aromatic rings. The normalized spacial score (nSPS) is 24.8. The van der Waals surface area contributed by atoms with Gasteiger partial charge in [-0.3, -0.25) is 9.69 Å². The summed E-state index contributed by atoms with van der Waals surface area (Å²) in [5.41, 5.74) is 4.02. The van der Waals surface area contributed by atoms with Crippen molar-refractivity contribution < 1.29 is 4.79 Å². The molecule has 1 atom stereocenters. The molecule has 0 unspecified atom stereocenters. The van der Waals surface area contributed by atoms with Crippen LogP contribution in [0, 0.1) is 19.8 Å². The van der Waals surface area contributed by atoms with Crippen molar-refractivity contribution in [1.82, 2.24) is 10.2 Å². The van der Waals surface area contributed by atoms with Crippen LogP contribution in [-0.2, 0) is 0 Å². The predicted molar refractivity (Wildman–Crippen MR) is 119 cm³/mol. The summed E-state index contributed by atoms with van der Waals surface area (Å²) < 4.78 is 0. The molecule has 3 fully saturated rings. The van der Waals surface area contributed by atoms with E-state index >= 15 is 0 Å². The topological polar surface area (TPSA) is 32.3 Å². The molecule has 152 valence electrons. The Balaban J connectivity index is 1.74. The van der Waals surface area contributed by atoms with Crippen LogP contribution in [0.3, 0.4) is 0 Å². The molecule has 2 heterocycles. The van der Waals surface area contributed by atoms with Gasteiger partial charge in [0.1, 0.15) is 0 Å². The molecule has 3 aliphatic rings. The van der Waals surface area contributed by atoms with Crippen LogP contribution in [0.4, 0.5) is 0 Å². The molecule has 0 radical (unpaired) electrons. The second-order valence-electron chi connectivity index (χ2n) is 8.82. The van der Waals surface area contributed by atoms with E-state index in [0.717, 1.165) is 48.5 Å². The highest BCUT2D eigenvalue weighted by atomic mass is 16.1. The van der Waals surface area contributed by atoms with Crippen molar-refractivity contribution in [3.05, 3.63) is 83.4 Å². The fraction of sp³-hybridized carbons (Fsp3) is 0.423. The van der Waals surface area contributed by atoms with Crippen LogP contribution in [0.1, 0.15) is 58.8 Å². The van der Waals surface area contributed by atoms with E-state index in [-0.39, 0.29) is 17.5 Å². The number of amides is 1. The summed E-state index contributed by atoms with van der Waals surface area (Å²) in [7, 11) is 0. The Morgan fingerprint density at radius 3 is 2.41 bits per heavy atom. The van der Waals surface area contributed by atoms with Crippen molar-refractivity contribution in [1.29, 1.82) is 0 Å². The molecule has 0 aromatic heterocycles. The molecule has 2 saturated heterocycles. The van der Waals surface area contributed by atoms with Gasteiger partial charge in [0.25, 0.3) is 5.91 Å². The van der Waals surface area contributed by atoms with Gasteiger partial charge in [-0.15, -0.1) is 6.58 Å². The molecule has 2 bridgehead atoms. The van der Waals surface area contributed by atoms with Gasteiger partial charge in [-0.05, 0) is 62.1 Å². The molecule has 1 amide bonds. The second-order valence-corrected chi connectivity index (χ2v) is 8.82. The van der Waals surface area contributed by atoms with Gasteiger partial charge in [0, 0.05) is 24.2 Å². The minimum Gasteiger partial charge on any atom is -0.343 e. The van der Waals surface area contributed by atoms with E-state index in [1.54, 1.807) is 0 Å². The number of benzene rings is 2. The Kier molecular flexibility index (Phi) is 5.60. The highest BCUT2D eigenvalue weighted by Gasteiger charge is 2.51. The molecule has 0 spiro atoms. The molecule has 1 aliphatic carbocycles. The van der Waals surface area contributed by atoms with Crippen molar-refractivity contribution >= 4 is 5.91 Å². The third-order valence-corrected chi connectivity index (χ3v) is 7.08. The first kappa shape index (κ1) is 19.9. The Labute approximate surface area is 174 Å². The number of piperidine rings is 2. The van der Waals surface area contributed by atoms with Crippen molar-refractivity contribution in [2.45, 2.75) is 51.1 Å². The molecule has 3 heteroatoms. The largest absolute Gasteiger partial charge is 0.343 e. The fourth-order valence-corrected chi connectivity index (χ4v) is 5.60. The minimum absolute atomic E-state index is 0.0311. The number of carbonyl (C=O) groups excluding carboxylic acids is 1. The van der Waals surface area contributed by atoms with Crippen LogP contribution in [0.15, 0.2) is 61.2 Å². The maximum Gasteiger partial charge on any atom is 0.252 e. The average Bonchev–Trinajstić information content (AvgIpc) is 2.74. The highest BCUT2D eigenvalue weighted by molar-refractivity contribution is 5.97. The molecular weight excluding hydrogens is 356 g/mol. The maximum absolute atomic E-state index is 13.5. The summed E-state index contributed by atoms with van der Waals surface area (Å²) >= 11 is 0. The van der Waals surface area contributed by atoms with Gasteiger partial charge < -0.3 is 5.32 Å². The second kappa shape index (κ2) is 8.16. The highest BCUT2D eigenvalue weighted by Crippen LogP contribution is 2.49. The Bertz CT molecular complexity index is 861. The molecule has 1 saturated carbocycles. The monoisotopic (exact) mass is 388 g/mol. The molecule has 1 N–H and O–H groups in total.